The first-order valence-corrected chi connectivity index (χ1v) is 8.49. The van der Waals surface area contributed by atoms with Crippen molar-refractivity contribution in [3.63, 3.8) is 0 Å². The van der Waals surface area contributed by atoms with Gasteiger partial charge in [0.25, 0.3) is 0 Å². The normalized spacial score (nSPS) is 28.3. The van der Waals surface area contributed by atoms with Crippen LogP contribution in [-0.2, 0) is 6.42 Å². The fraction of sp³-hybridized carbons (Fsp3) is 0.765. The molecule has 2 heteroatoms. The van der Waals surface area contributed by atoms with Crippen molar-refractivity contribution >= 4 is 11.3 Å². The van der Waals surface area contributed by atoms with E-state index in [4.69, 9.17) is 0 Å². The van der Waals surface area contributed by atoms with Crippen molar-refractivity contribution in [2.45, 2.75) is 72.4 Å². The maximum atomic E-state index is 3.87. The van der Waals surface area contributed by atoms with Crippen molar-refractivity contribution in [1.29, 1.82) is 0 Å². The molecule has 108 valence electrons. The second kappa shape index (κ2) is 5.97. The first kappa shape index (κ1) is 15.1. The van der Waals surface area contributed by atoms with Gasteiger partial charge in [-0.25, -0.2) is 0 Å². The van der Waals surface area contributed by atoms with Gasteiger partial charge in [-0.2, -0.15) is 0 Å². The quantitative estimate of drug-likeness (QED) is 0.835. The van der Waals surface area contributed by atoms with Crippen molar-refractivity contribution < 1.29 is 0 Å². The van der Waals surface area contributed by atoms with Gasteiger partial charge in [-0.15, -0.1) is 11.3 Å². The summed E-state index contributed by atoms with van der Waals surface area (Å²) in [6.07, 6.45) is 5.22. The number of nitrogens with one attached hydrogen (secondary N) is 1. The summed E-state index contributed by atoms with van der Waals surface area (Å²) in [6, 6.07) is 5.82. The summed E-state index contributed by atoms with van der Waals surface area (Å²) in [5.41, 5.74) is 0.547. The third kappa shape index (κ3) is 4.32. The smallest absolute Gasteiger partial charge is 0.00957 e. The van der Waals surface area contributed by atoms with Gasteiger partial charge in [0, 0.05) is 21.8 Å². The molecule has 0 amide bonds. The average Bonchev–Trinajstić information content (AvgIpc) is 2.67. The molecule has 1 aromatic rings. The van der Waals surface area contributed by atoms with Crippen molar-refractivity contribution in [2.24, 2.45) is 11.3 Å². The van der Waals surface area contributed by atoms with Gasteiger partial charge in [0.05, 0.1) is 0 Å². The van der Waals surface area contributed by atoms with E-state index in [9.17, 15) is 0 Å². The molecule has 0 radical (unpaired) electrons. The second-order valence-corrected chi connectivity index (χ2v) is 8.65. The second-order valence-electron chi connectivity index (χ2n) is 7.27. The molecule has 0 aliphatic heterocycles. The van der Waals surface area contributed by atoms with Crippen LogP contribution in [0.2, 0.25) is 0 Å². The van der Waals surface area contributed by atoms with Crippen molar-refractivity contribution in [3.8, 4) is 0 Å². The molecular formula is C17H29NS. The van der Waals surface area contributed by atoms with E-state index < -0.39 is 0 Å². The first-order valence-electron chi connectivity index (χ1n) is 7.67. The number of aryl methyl sites for hydroxylation is 1. The van der Waals surface area contributed by atoms with Crippen molar-refractivity contribution in [3.05, 3.63) is 21.9 Å². The Morgan fingerprint density at radius 1 is 1.42 bits per heavy atom. The van der Waals surface area contributed by atoms with Crippen LogP contribution in [0.15, 0.2) is 12.1 Å². The molecule has 19 heavy (non-hydrogen) atoms. The third-order valence-corrected chi connectivity index (χ3v) is 5.52. The topological polar surface area (TPSA) is 12.0 Å². The molecule has 2 rings (SSSR count). The van der Waals surface area contributed by atoms with Gasteiger partial charge in [0.15, 0.2) is 0 Å². The fourth-order valence-electron chi connectivity index (χ4n) is 3.52. The molecule has 0 bridgehead atoms. The Kier molecular flexibility index (Phi) is 4.73. The molecule has 3 unspecified atom stereocenters. The maximum Gasteiger partial charge on any atom is 0.00957 e. The highest BCUT2D eigenvalue weighted by Gasteiger charge is 2.32. The van der Waals surface area contributed by atoms with Crippen molar-refractivity contribution in [2.75, 3.05) is 0 Å². The number of hydrogen-bond acceptors (Lipinski definition) is 2. The highest BCUT2D eigenvalue weighted by molar-refractivity contribution is 7.11. The minimum Gasteiger partial charge on any atom is -0.311 e. The molecule has 1 aromatic heterocycles. The summed E-state index contributed by atoms with van der Waals surface area (Å²) in [6.45, 7) is 11.8. The molecular weight excluding hydrogens is 250 g/mol. The van der Waals surface area contributed by atoms with Crippen LogP contribution in [-0.4, -0.2) is 12.1 Å². The summed E-state index contributed by atoms with van der Waals surface area (Å²) in [5.74, 6) is 0.802. The van der Waals surface area contributed by atoms with Crippen LogP contribution in [0.4, 0.5) is 0 Å². The Morgan fingerprint density at radius 2 is 2.16 bits per heavy atom. The lowest BCUT2D eigenvalue weighted by atomic mass is 9.70. The molecule has 1 heterocycles. The number of thiophene rings is 1. The van der Waals surface area contributed by atoms with Gasteiger partial charge in [-0.3, -0.25) is 0 Å². The van der Waals surface area contributed by atoms with Gasteiger partial charge in [-0.05, 0) is 63.0 Å². The molecule has 1 nitrogen and oxygen atoms in total. The fourth-order valence-corrected chi connectivity index (χ4v) is 4.53. The van der Waals surface area contributed by atoms with E-state index in [0.29, 0.717) is 17.5 Å². The summed E-state index contributed by atoms with van der Waals surface area (Å²) in [7, 11) is 0. The maximum absolute atomic E-state index is 3.87. The van der Waals surface area contributed by atoms with Crippen LogP contribution in [0.3, 0.4) is 0 Å². The highest BCUT2D eigenvalue weighted by atomic mass is 32.1. The van der Waals surface area contributed by atoms with Crippen LogP contribution in [0.25, 0.3) is 0 Å². The largest absolute Gasteiger partial charge is 0.311 e. The van der Waals surface area contributed by atoms with Crippen molar-refractivity contribution in [1.82, 2.24) is 5.32 Å². The van der Waals surface area contributed by atoms with Gasteiger partial charge in [0.2, 0.25) is 0 Å². The Labute approximate surface area is 122 Å². The minimum absolute atomic E-state index is 0.547. The van der Waals surface area contributed by atoms with Crippen LogP contribution < -0.4 is 5.32 Å². The Hall–Kier alpha value is -0.340. The average molecular weight is 279 g/mol. The monoisotopic (exact) mass is 279 g/mol. The third-order valence-electron chi connectivity index (χ3n) is 4.50. The SMILES string of the molecule is Cc1ccc(CC(C)NC2CCC(C)(C)CC2C)s1. The molecule has 1 aliphatic rings. The molecule has 0 saturated heterocycles. The summed E-state index contributed by atoms with van der Waals surface area (Å²) in [5, 5.41) is 3.87. The predicted molar refractivity (Wildman–Crippen MR) is 85.9 cm³/mol. The molecule has 1 aliphatic carbocycles. The molecule has 1 fully saturated rings. The molecule has 0 aromatic carbocycles. The number of rotatable bonds is 4. The van der Waals surface area contributed by atoms with Gasteiger partial charge >= 0.3 is 0 Å². The summed E-state index contributed by atoms with van der Waals surface area (Å²) < 4.78 is 0. The summed E-state index contributed by atoms with van der Waals surface area (Å²) >= 11 is 1.94. The predicted octanol–water partition coefficient (Wildman–Crippen LogP) is 4.79. The zero-order valence-corrected chi connectivity index (χ0v) is 13.9. The van der Waals surface area contributed by atoms with E-state index >= 15 is 0 Å². The standard InChI is InChI=1S/C17H29NS/c1-12-11-17(4,5)9-8-16(12)18-13(2)10-15-7-6-14(3)19-15/h6-7,12-13,16,18H,8-11H2,1-5H3. The zero-order chi connectivity index (χ0) is 14.0. The molecule has 3 atom stereocenters. The molecule has 1 saturated carbocycles. The highest BCUT2D eigenvalue weighted by Crippen LogP contribution is 2.38. The van der Waals surface area contributed by atoms with Crippen LogP contribution in [0.1, 0.15) is 56.7 Å². The lowest BCUT2D eigenvalue weighted by Crippen LogP contribution is -2.45. The summed E-state index contributed by atoms with van der Waals surface area (Å²) in [4.78, 5) is 2.94. The van der Waals surface area contributed by atoms with Crippen LogP contribution in [0, 0.1) is 18.3 Å². The van der Waals surface area contributed by atoms with E-state index in [0.717, 1.165) is 5.92 Å². The van der Waals surface area contributed by atoms with Crippen LogP contribution in [0.5, 0.6) is 0 Å². The van der Waals surface area contributed by atoms with E-state index in [1.807, 2.05) is 11.3 Å². The van der Waals surface area contributed by atoms with Gasteiger partial charge < -0.3 is 5.32 Å². The van der Waals surface area contributed by atoms with E-state index in [1.54, 1.807) is 0 Å². The van der Waals surface area contributed by atoms with E-state index in [2.05, 4.69) is 52.1 Å². The van der Waals surface area contributed by atoms with Gasteiger partial charge in [-0.1, -0.05) is 20.8 Å². The Bertz CT molecular complexity index is 407. The van der Waals surface area contributed by atoms with E-state index in [1.165, 1.54) is 35.4 Å². The minimum atomic E-state index is 0.547. The Balaban J connectivity index is 1.84. The lowest BCUT2D eigenvalue weighted by Gasteiger charge is -2.40. The zero-order valence-electron chi connectivity index (χ0n) is 13.1. The first-order chi connectivity index (χ1) is 8.85. The molecule has 1 N–H and O–H groups in total. The number of hydrogen-bond donors (Lipinski definition) is 1. The van der Waals surface area contributed by atoms with E-state index in [-0.39, 0.29) is 0 Å². The molecule has 0 spiro atoms. The Morgan fingerprint density at radius 3 is 2.74 bits per heavy atom. The van der Waals surface area contributed by atoms with Crippen LogP contribution >= 0.6 is 11.3 Å². The lowest BCUT2D eigenvalue weighted by molar-refractivity contribution is 0.142. The van der Waals surface area contributed by atoms with Gasteiger partial charge in [0.1, 0.15) is 0 Å².